The molecule has 2 radical (unpaired) electrons. The summed E-state index contributed by atoms with van der Waals surface area (Å²) in [5, 5.41) is 0. The zero-order valence-corrected chi connectivity index (χ0v) is 18.7. The number of unbranched alkanes of at least 4 members (excludes halogenated alkanes) is 21. The first kappa shape index (κ1) is 26.6. The highest BCUT2D eigenvalue weighted by Gasteiger charge is 1.94. The molecule has 0 saturated carbocycles. The van der Waals surface area contributed by atoms with Crippen molar-refractivity contribution < 1.29 is 0 Å². The van der Waals surface area contributed by atoms with E-state index in [1.54, 1.807) is 0 Å². The molecule has 0 N–H and O–H groups in total. The summed E-state index contributed by atoms with van der Waals surface area (Å²) in [6.45, 7) is 7.79. The van der Waals surface area contributed by atoms with E-state index in [0.717, 1.165) is 25.7 Å². The summed E-state index contributed by atoms with van der Waals surface area (Å²) in [4.78, 5) is 0. The number of hydrogen-bond donors (Lipinski definition) is 0. The van der Waals surface area contributed by atoms with Crippen LogP contribution in [0.2, 0.25) is 0 Å². The van der Waals surface area contributed by atoms with Gasteiger partial charge in [-0.3, -0.25) is 0 Å². The summed E-state index contributed by atoms with van der Waals surface area (Å²) in [5.41, 5.74) is 0. The molecule has 0 spiro atoms. The SMILES string of the molecule is [CH2]CCCCCCC#CCCCCCCCCCCCCCCCCC[CH2]. The molecule has 0 aliphatic carbocycles. The van der Waals surface area contributed by atoms with Crippen molar-refractivity contribution in [2.75, 3.05) is 0 Å². The monoisotopic (exact) mass is 374 g/mol. The summed E-state index contributed by atoms with van der Waals surface area (Å²) in [5.74, 6) is 6.71. The van der Waals surface area contributed by atoms with Gasteiger partial charge in [0, 0.05) is 12.8 Å². The lowest BCUT2D eigenvalue weighted by Gasteiger charge is -2.03. The van der Waals surface area contributed by atoms with Crippen LogP contribution >= 0.6 is 0 Å². The molecule has 0 heterocycles. The molecule has 0 aromatic heterocycles. The van der Waals surface area contributed by atoms with Gasteiger partial charge < -0.3 is 0 Å². The first-order chi connectivity index (χ1) is 13.4. The lowest BCUT2D eigenvalue weighted by Crippen LogP contribution is -1.83. The lowest BCUT2D eigenvalue weighted by atomic mass is 10.0. The molecule has 0 nitrogen and oxygen atoms in total. The van der Waals surface area contributed by atoms with Crippen LogP contribution in [0.25, 0.3) is 0 Å². The minimum atomic E-state index is 1.09. The van der Waals surface area contributed by atoms with Crippen molar-refractivity contribution in [3.8, 4) is 11.8 Å². The Morgan fingerprint density at radius 2 is 0.519 bits per heavy atom. The van der Waals surface area contributed by atoms with Crippen molar-refractivity contribution in [2.24, 2.45) is 0 Å². The van der Waals surface area contributed by atoms with Gasteiger partial charge in [-0.1, -0.05) is 136 Å². The van der Waals surface area contributed by atoms with Crippen molar-refractivity contribution in [3.63, 3.8) is 0 Å². The van der Waals surface area contributed by atoms with E-state index >= 15 is 0 Å². The molecular formula is C27H50. The Bertz CT molecular complexity index is 306. The number of rotatable bonds is 21. The Labute approximate surface area is 173 Å². The molecule has 0 fully saturated rings. The predicted octanol–water partition coefficient (Wildman–Crippen LogP) is 9.63. The van der Waals surface area contributed by atoms with E-state index in [0.29, 0.717) is 0 Å². The summed E-state index contributed by atoms with van der Waals surface area (Å²) in [6, 6.07) is 0. The van der Waals surface area contributed by atoms with Crippen LogP contribution in [-0.4, -0.2) is 0 Å². The fourth-order valence-electron chi connectivity index (χ4n) is 3.61. The van der Waals surface area contributed by atoms with E-state index in [4.69, 9.17) is 0 Å². The Balaban J connectivity index is 3.05. The number of hydrogen-bond acceptors (Lipinski definition) is 0. The second kappa shape index (κ2) is 25.6. The van der Waals surface area contributed by atoms with Gasteiger partial charge in [0.15, 0.2) is 0 Å². The molecule has 0 atom stereocenters. The second-order valence-electron chi connectivity index (χ2n) is 8.28. The van der Waals surface area contributed by atoms with E-state index < -0.39 is 0 Å². The maximum atomic E-state index is 3.91. The van der Waals surface area contributed by atoms with Crippen LogP contribution in [0.3, 0.4) is 0 Å². The smallest absolute Gasteiger partial charge is 0.00886 e. The topological polar surface area (TPSA) is 0 Å². The molecule has 27 heavy (non-hydrogen) atoms. The van der Waals surface area contributed by atoms with Gasteiger partial charge in [0.25, 0.3) is 0 Å². The van der Waals surface area contributed by atoms with Crippen LogP contribution < -0.4 is 0 Å². The lowest BCUT2D eigenvalue weighted by molar-refractivity contribution is 0.531. The third kappa shape index (κ3) is 25.6. The van der Waals surface area contributed by atoms with Crippen molar-refractivity contribution in [1.29, 1.82) is 0 Å². The van der Waals surface area contributed by atoms with Crippen LogP contribution in [0.5, 0.6) is 0 Å². The molecule has 158 valence electrons. The minimum Gasteiger partial charge on any atom is -0.103 e. The Kier molecular flexibility index (Phi) is 25.1. The van der Waals surface area contributed by atoms with Crippen molar-refractivity contribution in [2.45, 2.75) is 148 Å². The Hall–Kier alpha value is -0.440. The van der Waals surface area contributed by atoms with E-state index in [9.17, 15) is 0 Å². The molecule has 0 rings (SSSR count). The molecule has 0 amide bonds. The van der Waals surface area contributed by atoms with Gasteiger partial charge in [-0.25, -0.2) is 0 Å². The molecule has 0 unspecified atom stereocenters. The summed E-state index contributed by atoms with van der Waals surface area (Å²) < 4.78 is 0. The fourth-order valence-corrected chi connectivity index (χ4v) is 3.61. The standard InChI is InChI=1S/C27H50/c1-3-5-7-9-11-13-15-17-19-21-23-25-27-26-24-22-20-18-16-14-12-10-8-6-4-2/h1-15,17,19-27H2. The Morgan fingerprint density at radius 1 is 0.296 bits per heavy atom. The average molecular weight is 375 g/mol. The summed E-state index contributed by atoms with van der Waals surface area (Å²) in [6.07, 6.45) is 31.0. The maximum absolute atomic E-state index is 3.91. The van der Waals surface area contributed by atoms with Gasteiger partial charge in [-0.05, 0) is 12.8 Å². The first-order valence-corrected chi connectivity index (χ1v) is 12.5. The quantitative estimate of drug-likeness (QED) is 0.138. The molecular weight excluding hydrogens is 324 g/mol. The van der Waals surface area contributed by atoms with Crippen molar-refractivity contribution in [3.05, 3.63) is 13.8 Å². The molecule has 0 aliphatic heterocycles. The van der Waals surface area contributed by atoms with E-state index in [-0.39, 0.29) is 0 Å². The molecule has 0 aromatic carbocycles. The predicted molar refractivity (Wildman–Crippen MR) is 125 cm³/mol. The van der Waals surface area contributed by atoms with E-state index in [2.05, 4.69) is 25.7 Å². The minimum absolute atomic E-state index is 1.09. The zero-order chi connectivity index (χ0) is 19.7. The largest absolute Gasteiger partial charge is 0.103 e. The van der Waals surface area contributed by atoms with E-state index in [1.165, 1.54) is 122 Å². The normalized spacial score (nSPS) is 10.7. The van der Waals surface area contributed by atoms with E-state index in [1.807, 2.05) is 0 Å². The molecule has 0 bridgehead atoms. The average Bonchev–Trinajstić information content (AvgIpc) is 2.68. The molecule has 0 aliphatic rings. The third-order valence-electron chi connectivity index (χ3n) is 5.48. The van der Waals surface area contributed by atoms with Crippen molar-refractivity contribution in [1.82, 2.24) is 0 Å². The highest BCUT2D eigenvalue weighted by Crippen LogP contribution is 2.14. The fraction of sp³-hybridized carbons (Fsp3) is 0.852. The van der Waals surface area contributed by atoms with Gasteiger partial charge in [0.05, 0.1) is 0 Å². The summed E-state index contributed by atoms with van der Waals surface area (Å²) >= 11 is 0. The zero-order valence-electron chi connectivity index (χ0n) is 18.7. The van der Waals surface area contributed by atoms with Gasteiger partial charge in [0.2, 0.25) is 0 Å². The highest BCUT2D eigenvalue weighted by atomic mass is 14.0. The van der Waals surface area contributed by atoms with Crippen LogP contribution in [0.1, 0.15) is 148 Å². The first-order valence-electron chi connectivity index (χ1n) is 12.5. The molecule has 0 heteroatoms. The van der Waals surface area contributed by atoms with Gasteiger partial charge in [0.1, 0.15) is 0 Å². The third-order valence-corrected chi connectivity index (χ3v) is 5.48. The van der Waals surface area contributed by atoms with Gasteiger partial charge in [-0.2, -0.15) is 0 Å². The maximum Gasteiger partial charge on any atom is 0.00886 e. The highest BCUT2D eigenvalue weighted by molar-refractivity contribution is 4.98. The van der Waals surface area contributed by atoms with Gasteiger partial charge in [-0.15, -0.1) is 11.8 Å². The summed E-state index contributed by atoms with van der Waals surface area (Å²) in [7, 11) is 0. The van der Waals surface area contributed by atoms with Crippen LogP contribution in [0, 0.1) is 25.7 Å². The van der Waals surface area contributed by atoms with Crippen LogP contribution in [0.4, 0.5) is 0 Å². The van der Waals surface area contributed by atoms with Gasteiger partial charge >= 0.3 is 0 Å². The van der Waals surface area contributed by atoms with Crippen LogP contribution in [0.15, 0.2) is 0 Å². The second-order valence-corrected chi connectivity index (χ2v) is 8.28. The van der Waals surface area contributed by atoms with Crippen LogP contribution in [-0.2, 0) is 0 Å². The molecule has 0 aromatic rings. The molecule has 0 saturated heterocycles. The Morgan fingerprint density at radius 3 is 0.778 bits per heavy atom. The van der Waals surface area contributed by atoms with Crippen molar-refractivity contribution >= 4 is 0 Å².